The van der Waals surface area contributed by atoms with Crippen molar-refractivity contribution in [3.63, 3.8) is 0 Å². The normalized spacial score (nSPS) is 21.6. The quantitative estimate of drug-likeness (QED) is 0.0861. The van der Waals surface area contributed by atoms with Crippen LogP contribution in [0.25, 0.3) is 11.2 Å². The Bertz CT molecular complexity index is 1890. The molecule has 19 nitrogen and oxygen atoms in total. The highest BCUT2D eigenvalue weighted by Gasteiger charge is 2.56. The molecule has 5 N–H and O–H groups in total. The van der Waals surface area contributed by atoms with Crippen LogP contribution in [-0.2, 0) is 48.7 Å². The third-order valence-corrected chi connectivity index (χ3v) is 10.5. The summed E-state index contributed by atoms with van der Waals surface area (Å²) in [5.74, 6) is -1.61. The van der Waals surface area contributed by atoms with Crippen molar-refractivity contribution in [1.82, 2.24) is 35.2 Å². The van der Waals surface area contributed by atoms with Crippen molar-refractivity contribution in [3.05, 3.63) is 48.5 Å². The number of nitrogen functional groups attached to an aromatic ring is 1. The van der Waals surface area contributed by atoms with Gasteiger partial charge in [0.25, 0.3) is 5.91 Å². The van der Waals surface area contributed by atoms with Crippen LogP contribution in [0.1, 0.15) is 92.4 Å². The molecule has 3 aromatic rings. The van der Waals surface area contributed by atoms with Crippen LogP contribution in [0.2, 0.25) is 0 Å². The third-order valence-electron chi connectivity index (χ3n) is 8.97. The SMILES string of the molecule is CC(C)C[C@H](NC(=O)OC(C)(C)C)C(=O)NP(=O)(OCCCCCCNC(=O)OCc1ccccc1)OC[C@H]1O[C@@H](n2cnc3c(N)ncnc32)[C@@H]2OC(C)(C)O[C@@H]21. The van der Waals surface area contributed by atoms with E-state index in [2.05, 4.69) is 30.7 Å². The van der Waals surface area contributed by atoms with Crippen molar-refractivity contribution < 1.29 is 51.7 Å². The number of carbonyl (C=O) groups excluding carboxylic acids is 3. The minimum Gasteiger partial charge on any atom is -0.445 e. The molecule has 1 aromatic carbocycles. The van der Waals surface area contributed by atoms with Crippen LogP contribution in [0.4, 0.5) is 15.4 Å². The van der Waals surface area contributed by atoms with E-state index in [4.69, 9.17) is 38.5 Å². The minimum absolute atomic E-state index is 0.0318. The Kier molecular flexibility index (Phi) is 15.1. The second-order valence-corrected chi connectivity index (χ2v) is 17.8. The lowest BCUT2D eigenvalue weighted by atomic mass is 10.0. The van der Waals surface area contributed by atoms with E-state index >= 15 is 0 Å². The maximum atomic E-state index is 14.4. The zero-order valence-electron chi connectivity index (χ0n) is 34.2. The molecule has 0 radical (unpaired) electrons. The first-order valence-corrected chi connectivity index (χ1v) is 21.1. The van der Waals surface area contributed by atoms with E-state index in [1.165, 1.54) is 12.7 Å². The van der Waals surface area contributed by atoms with Gasteiger partial charge in [0.15, 0.2) is 23.5 Å². The number of nitrogens with two attached hydrogens (primary N) is 1. The Morgan fingerprint density at radius 2 is 1.71 bits per heavy atom. The lowest BCUT2D eigenvalue weighted by molar-refractivity contribution is -0.199. The molecule has 4 heterocycles. The fraction of sp³-hybridized carbons (Fsp3) is 0.632. The van der Waals surface area contributed by atoms with E-state index in [1.54, 1.807) is 39.2 Å². The summed E-state index contributed by atoms with van der Waals surface area (Å²) in [6.45, 7) is 12.6. The number of anilines is 1. The molecule has 6 atom stereocenters. The van der Waals surface area contributed by atoms with E-state index < -0.39 is 67.8 Å². The lowest BCUT2D eigenvalue weighted by Gasteiger charge is -2.27. The van der Waals surface area contributed by atoms with Crippen molar-refractivity contribution in [1.29, 1.82) is 0 Å². The standard InChI is InChI=1S/C38H57N8O11P/c1-24(2)19-26(44-36(49)57-37(3,4)5)33(47)45-58(50,52-18-14-9-8-13-17-40-35(48)51-20-25-15-11-10-12-16-25)53-21-27-29-30(56-38(6,7)55-29)34(54-27)46-23-43-28-31(39)41-22-42-32(28)46/h10-12,15-16,22-24,26-27,29-30,34H,8-9,13-14,17-21H2,1-7H3,(H,40,48)(H,44,49)(H2,39,41,42)(H,45,47,50)/t26-,27+,29+,30+,34+,58?/m0/s1. The van der Waals surface area contributed by atoms with Crippen LogP contribution in [-0.4, -0.2) is 93.1 Å². The fourth-order valence-corrected chi connectivity index (χ4v) is 7.78. The second kappa shape index (κ2) is 19.6. The number of ether oxygens (including phenoxy) is 5. The predicted octanol–water partition coefficient (Wildman–Crippen LogP) is 5.51. The van der Waals surface area contributed by atoms with Crippen molar-refractivity contribution in [2.75, 3.05) is 25.5 Å². The number of nitrogens with zero attached hydrogens (tertiary/aromatic N) is 4. The molecule has 20 heteroatoms. The summed E-state index contributed by atoms with van der Waals surface area (Å²) in [7, 11) is -4.41. The van der Waals surface area contributed by atoms with Gasteiger partial charge in [-0.1, -0.05) is 57.0 Å². The van der Waals surface area contributed by atoms with Crippen LogP contribution in [0.3, 0.4) is 0 Å². The molecule has 0 spiro atoms. The smallest absolute Gasteiger partial charge is 0.435 e. The maximum absolute atomic E-state index is 14.4. The summed E-state index contributed by atoms with van der Waals surface area (Å²) >= 11 is 0. The number of aromatic nitrogens is 4. The van der Waals surface area contributed by atoms with Crippen LogP contribution in [0.15, 0.2) is 43.0 Å². The number of hydrogen-bond acceptors (Lipinski definition) is 15. The van der Waals surface area contributed by atoms with Gasteiger partial charge in [-0.25, -0.2) is 29.1 Å². The predicted molar refractivity (Wildman–Crippen MR) is 211 cm³/mol. The summed E-state index contributed by atoms with van der Waals surface area (Å²) < 4.78 is 57.4. The number of benzene rings is 1. The topological polar surface area (TPSA) is 239 Å². The van der Waals surface area contributed by atoms with Gasteiger partial charge in [0, 0.05) is 6.54 Å². The van der Waals surface area contributed by atoms with Crippen molar-refractivity contribution >= 4 is 42.8 Å². The van der Waals surface area contributed by atoms with Crippen LogP contribution in [0.5, 0.6) is 0 Å². The zero-order valence-corrected chi connectivity index (χ0v) is 35.1. The Balaban J connectivity index is 1.21. The largest absolute Gasteiger partial charge is 0.445 e. The zero-order chi connectivity index (χ0) is 42.1. The van der Waals surface area contributed by atoms with E-state index in [0.717, 1.165) is 12.0 Å². The molecular formula is C38H57N8O11P. The Hall–Kier alpha value is -4.39. The molecule has 2 fully saturated rings. The molecule has 0 saturated carbocycles. The van der Waals surface area contributed by atoms with Crippen LogP contribution in [0, 0.1) is 5.92 Å². The number of amides is 3. The van der Waals surface area contributed by atoms with Crippen molar-refractivity contribution in [2.45, 2.75) is 129 Å². The second-order valence-electron chi connectivity index (χ2n) is 16.0. The lowest BCUT2D eigenvalue weighted by Crippen LogP contribution is -2.48. The van der Waals surface area contributed by atoms with Gasteiger partial charge in [0.05, 0.1) is 19.5 Å². The first kappa shape index (κ1) is 44.7. The number of unbranched alkanes of at least 4 members (excludes halogenated alkanes) is 3. The average Bonchev–Trinajstić information content (AvgIpc) is 3.81. The Morgan fingerprint density at radius 1 is 0.983 bits per heavy atom. The van der Waals surface area contributed by atoms with E-state index in [0.29, 0.717) is 37.0 Å². The molecule has 3 amide bonds. The van der Waals surface area contributed by atoms with E-state index in [-0.39, 0.29) is 38.0 Å². The third kappa shape index (κ3) is 12.8. The summed E-state index contributed by atoms with van der Waals surface area (Å²) in [5.41, 5.74) is 6.91. The molecule has 2 aliphatic heterocycles. The highest BCUT2D eigenvalue weighted by atomic mass is 31.2. The van der Waals surface area contributed by atoms with Gasteiger partial charge in [-0.2, -0.15) is 0 Å². The van der Waals surface area contributed by atoms with Crippen LogP contribution >= 0.6 is 7.75 Å². The van der Waals surface area contributed by atoms with Gasteiger partial charge in [-0.3, -0.25) is 23.5 Å². The Morgan fingerprint density at radius 3 is 2.43 bits per heavy atom. The summed E-state index contributed by atoms with van der Waals surface area (Å²) in [6, 6.07) is 8.28. The molecular weight excluding hydrogens is 775 g/mol. The average molecular weight is 833 g/mol. The van der Waals surface area contributed by atoms with Crippen molar-refractivity contribution in [3.8, 4) is 0 Å². The molecule has 2 aromatic heterocycles. The highest BCUT2D eigenvalue weighted by molar-refractivity contribution is 7.52. The van der Waals surface area contributed by atoms with E-state index in [1.807, 2.05) is 44.2 Å². The number of hydrogen-bond donors (Lipinski definition) is 4. The molecule has 2 saturated heterocycles. The molecule has 0 bridgehead atoms. The molecule has 320 valence electrons. The number of imidazole rings is 1. The summed E-state index contributed by atoms with van der Waals surface area (Å²) in [6.07, 6.45) is 1.29. The molecule has 58 heavy (non-hydrogen) atoms. The van der Waals surface area contributed by atoms with E-state index in [9.17, 15) is 18.9 Å². The number of alkyl carbamates (subject to hydrolysis) is 2. The number of carbonyl (C=O) groups is 3. The maximum Gasteiger partial charge on any atom is 0.435 e. The number of nitrogens with one attached hydrogen (secondary N) is 3. The van der Waals surface area contributed by atoms with Gasteiger partial charge in [0.2, 0.25) is 0 Å². The van der Waals surface area contributed by atoms with Gasteiger partial charge in [0.1, 0.15) is 48.4 Å². The Labute approximate surface area is 338 Å². The first-order chi connectivity index (χ1) is 27.4. The molecule has 0 aliphatic carbocycles. The summed E-state index contributed by atoms with van der Waals surface area (Å²) in [5, 5.41) is 7.78. The van der Waals surface area contributed by atoms with Gasteiger partial charge in [-0.05, 0) is 65.4 Å². The fourth-order valence-electron chi connectivity index (χ4n) is 6.44. The number of rotatable bonds is 19. The minimum atomic E-state index is -4.41. The van der Waals surface area contributed by atoms with Gasteiger partial charge in [-0.15, -0.1) is 0 Å². The van der Waals surface area contributed by atoms with Gasteiger partial charge >= 0.3 is 19.9 Å². The van der Waals surface area contributed by atoms with Crippen molar-refractivity contribution in [2.24, 2.45) is 5.92 Å². The molecule has 2 aliphatic rings. The molecule has 1 unspecified atom stereocenters. The first-order valence-electron chi connectivity index (χ1n) is 19.5. The van der Waals surface area contributed by atoms with Crippen LogP contribution < -0.4 is 21.5 Å². The highest BCUT2D eigenvalue weighted by Crippen LogP contribution is 2.48. The monoisotopic (exact) mass is 832 g/mol. The molecule has 5 rings (SSSR count). The van der Waals surface area contributed by atoms with Gasteiger partial charge < -0.3 is 40.1 Å². The summed E-state index contributed by atoms with van der Waals surface area (Å²) in [4.78, 5) is 51.2. The number of fused-ring (bicyclic) bond motifs is 2.